The van der Waals surface area contributed by atoms with Gasteiger partial charge in [-0.15, -0.1) is 11.3 Å². The van der Waals surface area contributed by atoms with Crippen LogP contribution in [0.4, 0.5) is 0 Å². The summed E-state index contributed by atoms with van der Waals surface area (Å²) >= 11 is 2.74. The lowest BCUT2D eigenvalue weighted by Gasteiger charge is -2.23. The summed E-state index contributed by atoms with van der Waals surface area (Å²) in [5.74, 6) is -0.688. The van der Waals surface area contributed by atoms with Crippen LogP contribution >= 0.6 is 22.7 Å². The van der Waals surface area contributed by atoms with Gasteiger partial charge in [-0.3, -0.25) is 9.36 Å². The van der Waals surface area contributed by atoms with Gasteiger partial charge in [-0.25, -0.2) is 14.6 Å². The summed E-state index contributed by atoms with van der Waals surface area (Å²) in [5.41, 5.74) is 1.88. The van der Waals surface area contributed by atoms with E-state index in [0.717, 1.165) is 10.4 Å². The molecule has 9 heteroatoms. The molecule has 1 aromatic carbocycles. The van der Waals surface area contributed by atoms with Crippen LogP contribution in [0.25, 0.3) is 6.08 Å². The van der Waals surface area contributed by atoms with Crippen molar-refractivity contribution in [2.24, 2.45) is 10.9 Å². The van der Waals surface area contributed by atoms with Gasteiger partial charge in [0.25, 0.3) is 5.56 Å². The molecule has 1 unspecified atom stereocenters. The molecule has 1 aliphatic rings. The molecule has 2 aromatic heterocycles. The van der Waals surface area contributed by atoms with E-state index >= 15 is 0 Å². The summed E-state index contributed by atoms with van der Waals surface area (Å²) in [6.07, 6.45) is 1.76. The number of allylic oxidation sites excluding steroid dienone is 1. The maximum Gasteiger partial charge on any atom is 0.338 e. The molecule has 3 aromatic rings. The number of aromatic nitrogens is 1. The van der Waals surface area contributed by atoms with Crippen LogP contribution in [0.2, 0.25) is 0 Å². The molecule has 1 atom stereocenters. The quantitative estimate of drug-likeness (QED) is 0.489. The van der Waals surface area contributed by atoms with Gasteiger partial charge in [-0.2, -0.15) is 0 Å². The van der Waals surface area contributed by atoms with Gasteiger partial charge in [-0.05, 0) is 48.1 Å². The van der Waals surface area contributed by atoms with Gasteiger partial charge >= 0.3 is 11.9 Å². The molecule has 0 fully saturated rings. The van der Waals surface area contributed by atoms with Crippen molar-refractivity contribution in [3.63, 3.8) is 0 Å². The van der Waals surface area contributed by atoms with Crippen molar-refractivity contribution in [2.75, 3.05) is 13.7 Å². The second kappa shape index (κ2) is 9.90. The predicted octanol–water partition coefficient (Wildman–Crippen LogP) is 3.28. The standard InChI is InChI=1S/C25H24N2O5S2/c1-14(2)13-32-24(30)20-15(3)26-25-27(21(20)18-6-5-11-33-18)22(28)19(34-25)12-16-7-9-17(10-8-16)23(29)31-4/h5-12,14,21H,13H2,1-4H3. The number of nitrogens with zero attached hydrogens (tertiary/aromatic N) is 2. The number of benzene rings is 1. The summed E-state index contributed by atoms with van der Waals surface area (Å²) < 4.78 is 12.3. The van der Waals surface area contributed by atoms with E-state index in [1.807, 2.05) is 31.4 Å². The Labute approximate surface area is 204 Å². The molecular formula is C25H24N2O5S2. The maximum atomic E-state index is 13.5. The van der Waals surface area contributed by atoms with Gasteiger partial charge in [0.2, 0.25) is 0 Å². The highest BCUT2D eigenvalue weighted by Crippen LogP contribution is 2.33. The molecule has 3 heterocycles. The van der Waals surface area contributed by atoms with Crippen LogP contribution in [0, 0.1) is 5.92 Å². The van der Waals surface area contributed by atoms with E-state index in [0.29, 0.717) is 32.8 Å². The van der Waals surface area contributed by atoms with Crippen LogP contribution in [0.15, 0.2) is 62.8 Å². The Morgan fingerprint density at radius 2 is 1.91 bits per heavy atom. The molecule has 0 radical (unpaired) electrons. The van der Waals surface area contributed by atoms with Gasteiger partial charge < -0.3 is 9.47 Å². The first-order valence-corrected chi connectivity index (χ1v) is 12.4. The van der Waals surface area contributed by atoms with E-state index in [2.05, 4.69) is 4.99 Å². The van der Waals surface area contributed by atoms with Crippen LogP contribution in [-0.2, 0) is 14.3 Å². The second-order valence-corrected chi connectivity index (χ2v) is 10.2. The molecule has 176 valence electrons. The van der Waals surface area contributed by atoms with E-state index in [4.69, 9.17) is 9.47 Å². The van der Waals surface area contributed by atoms with Gasteiger partial charge in [0.1, 0.15) is 6.04 Å². The van der Waals surface area contributed by atoms with Gasteiger partial charge in [0.05, 0.1) is 35.1 Å². The lowest BCUT2D eigenvalue weighted by molar-refractivity contribution is -0.140. The lowest BCUT2D eigenvalue weighted by atomic mass is 10.0. The smallest absolute Gasteiger partial charge is 0.338 e. The van der Waals surface area contributed by atoms with Crippen molar-refractivity contribution >= 4 is 40.7 Å². The fourth-order valence-corrected chi connectivity index (χ4v) is 5.47. The third-order valence-electron chi connectivity index (χ3n) is 5.23. The molecule has 0 bridgehead atoms. The fraction of sp³-hybridized carbons (Fsp3) is 0.280. The number of rotatable bonds is 6. The molecule has 4 rings (SSSR count). The Kier molecular flexibility index (Phi) is 6.95. The molecule has 0 N–H and O–H groups in total. The van der Waals surface area contributed by atoms with Crippen LogP contribution < -0.4 is 14.9 Å². The Balaban J connectivity index is 1.81. The van der Waals surface area contributed by atoms with Crippen LogP contribution in [0.1, 0.15) is 47.6 Å². The predicted molar refractivity (Wildman–Crippen MR) is 132 cm³/mol. The van der Waals surface area contributed by atoms with Crippen LogP contribution in [0.5, 0.6) is 0 Å². The minimum Gasteiger partial charge on any atom is -0.465 e. The van der Waals surface area contributed by atoms with Crippen LogP contribution in [0.3, 0.4) is 0 Å². The highest BCUT2D eigenvalue weighted by Gasteiger charge is 2.34. The molecule has 0 saturated carbocycles. The normalized spacial score (nSPS) is 15.8. The number of hydrogen-bond acceptors (Lipinski definition) is 8. The summed E-state index contributed by atoms with van der Waals surface area (Å²) in [6.45, 7) is 6.00. The Morgan fingerprint density at radius 3 is 2.53 bits per heavy atom. The van der Waals surface area contributed by atoms with Crippen molar-refractivity contribution in [1.82, 2.24) is 4.57 Å². The summed E-state index contributed by atoms with van der Waals surface area (Å²) in [4.78, 5) is 44.2. The highest BCUT2D eigenvalue weighted by molar-refractivity contribution is 7.10. The molecule has 0 amide bonds. The summed E-state index contributed by atoms with van der Waals surface area (Å²) in [5, 5.41) is 1.92. The Bertz CT molecular complexity index is 1430. The van der Waals surface area contributed by atoms with Crippen LogP contribution in [-0.4, -0.2) is 30.2 Å². The maximum absolute atomic E-state index is 13.5. The van der Waals surface area contributed by atoms with Crippen molar-refractivity contribution in [3.8, 4) is 0 Å². The molecule has 0 aliphatic carbocycles. The minimum absolute atomic E-state index is 0.191. The number of esters is 2. The third-order valence-corrected chi connectivity index (χ3v) is 7.14. The number of carbonyl (C=O) groups is 2. The first-order valence-electron chi connectivity index (χ1n) is 10.7. The number of fused-ring (bicyclic) bond motifs is 1. The van der Waals surface area contributed by atoms with Crippen molar-refractivity contribution in [1.29, 1.82) is 0 Å². The van der Waals surface area contributed by atoms with E-state index in [-0.39, 0.29) is 11.5 Å². The van der Waals surface area contributed by atoms with Crippen molar-refractivity contribution in [2.45, 2.75) is 26.8 Å². The number of thiazole rings is 1. The number of carbonyl (C=O) groups excluding carboxylic acids is 2. The SMILES string of the molecule is COC(=O)c1ccc(C=c2sc3n(c2=O)C(c2cccs2)C(C(=O)OCC(C)C)=C(C)N=3)cc1. The topological polar surface area (TPSA) is 87.0 Å². The highest BCUT2D eigenvalue weighted by atomic mass is 32.1. The second-order valence-electron chi connectivity index (χ2n) is 8.20. The minimum atomic E-state index is -0.597. The molecule has 0 saturated heterocycles. The van der Waals surface area contributed by atoms with Gasteiger partial charge in [0.15, 0.2) is 4.80 Å². The first-order chi connectivity index (χ1) is 16.3. The number of hydrogen-bond donors (Lipinski definition) is 0. The van der Waals surface area contributed by atoms with E-state index in [9.17, 15) is 14.4 Å². The first kappa shape index (κ1) is 23.8. The van der Waals surface area contributed by atoms with E-state index < -0.39 is 18.0 Å². The lowest BCUT2D eigenvalue weighted by Crippen LogP contribution is -2.39. The van der Waals surface area contributed by atoms with E-state index in [1.54, 1.807) is 41.8 Å². The average molecular weight is 497 g/mol. The zero-order valence-corrected chi connectivity index (χ0v) is 20.9. The van der Waals surface area contributed by atoms with Crippen molar-refractivity contribution < 1.29 is 19.1 Å². The molecular weight excluding hydrogens is 472 g/mol. The number of thiophene rings is 1. The monoisotopic (exact) mass is 496 g/mol. The van der Waals surface area contributed by atoms with Crippen molar-refractivity contribution in [3.05, 3.63) is 88.7 Å². The van der Waals surface area contributed by atoms with Gasteiger partial charge in [0, 0.05) is 4.88 Å². The fourth-order valence-electron chi connectivity index (χ4n) is 3.60. The zero-order chi connectivity index (χ0) is 24.4. The molecule has 0 spiro atoms. The Hall–Kier alpha value is -3.30. The average Bonchev–Trinajstić information content (AvgIpc) is 3.45. The third kappa shape index (κ3) is 4.67. The molecule has 7 nitrogen and oxygen atoms in total. The number of ether oxygens (including phenoxy) is 2. The molecule has 1 aliphatic heterocycles. The van der Waals surface area contributed by atoms with Gasteiger partial charge in [-0.1, -0.05) is 43.4 Å². The zero-order valence-electron chi connectivity index (χ0n) is 19.2. The van der Waals surface area contributed by atoms with E-state index in [1.165, 1.54) is 29.8 Å². The summed E-state index contributed by atoms with van der Waals surface area (Å²) in [7, 11) is 1.33. The largest absolute Gasteiger partial charge is 0.465 e. The Morgan fingerprint density at radius 1 is 1.18 bits per heavy atom. The number of methoxy groups -OCH3 is 1. The molecule has 34 heavy (non-hydrogen) atoms. The summed E-state index contributed by atoms with van der Waals surface area (Å²) in [6, 6.07) is 10.0.